The van der Waals surface area contributed by atoms with E-state index in [0.717, 1.165) is 11.4 Å². The summed E-state index contributed by atoms with van der Waals surface area (Å²) in [6.45, 7) is 0. The lowest BCUT2D eigenvalue weighted by Gasteiger charge is -2.08. The van der Waals surface area contributed by atoms with Gasteiger partial charge in [-0.05, 0) is 24.3 Å². The highest BCUT2D eigenvalue weighted by Gasteiger charge is 2.22. The van der Waals surface area contributed by atoms with Gasteiger partial charge in [0.05, 0.1) is 16.7 Å². The number of carbonyl (C=O) groups excluding carboxylic acids is 3. The molecule has 120 valence electrons. The van der Waals surface area contributed by atoms with Crippen LogP contribution >= 0.6 is 0 Å². The average molecular weight is 318 g/mol. The van der Waals surface area contributed by atoms with Crippen molar-refractivity contribution < 1.29 is 29.7 Å². The van der Waals surface area contributed by atoms with Crippen LogP contribution in [-0.4, -0.2) is 34.2 Å². The summed E-state index contributed by atoms with van der Waals surface area (Å²) >= 11 is 0. The van der Waals surface area contributed by atoms with E-state index in [-0.39, 0.29) is 18.9 Å². The first-order chi connectivity index (χ1) is 10.9. The normalized spacial score (nSPS) is 9.39. The Kier molecular flexibility index (Phi) is 5.67. The minimum atomic E-state index is -0.861. The van der Waals surface area contributed by atoms with Crippen molar-refractivity contribution >= 4 is 30.2 Å². The van der Waals surface area contributed by atoms with E-state index in [1.807, 2.05) is 0 Å². The molecule has 0 bridgehead atoms. The first-order valence-electron chi connectivity index (χ1n) is 6.14. The van der Waals surface area contributed by atoms with E-state index in [1.54, 1.807) is 24.3 Å². The number of phenols is 3. The predicted octanol–water partition coefficient (Wildman–Crippen LogP) is 1.09. The number of nitrogens with two attached hydrogens (primary N) is 2. The zero-order valence-corrected chi connectivity index (χ0v) is 11.8. The van der Waals surface area contributed by atoms with Gasteiger partial charge < -0.3 is 26.8 Å². The van der Waals surface area contributed by atoms with E-state index in [1.165, 1.54) is 0 Å². The van der Waals surface area contributed by atoms with Crippen LogP contribution in [0.5, 0.6) is 17.2 Å². The second kappa shape index (κ2) is 7.46. The summed E-state index contributed by atoms with van der Waals surface area (Å²) in [5.41, 5.74) is 10.4. The minimum absolute atomic E-state index is 0.0735. The molecule has 0 atom stereocenters. The van der Waals surface area contributed by atoms with Crippen molar-refractivity contribution in [1.82, 2.24) is 0 Å². The lowest BCUT2D eigenvalue weighted by molar-refractivity contribution is 0.111. The maximum Gasteiger partial charge on any atom is 0.157 e. The molecule has 0 amide bonds. The molecule has 0 spiro atoms. The summed E-state index contributed by atoms with van der Waals surface area (Å²) < 4.78 is 0. The summed E-state index contributed by atoms with van der Waals surface area (Å²) in [5, 5.41) is 27.8. The van der Waals surface area contributed by atoms with E-state index in [2.05, 4.69) is 0 Å². The number of hydrogen-bond donors (Lipinski definition) is 5. The van der Waals surface area contributed by atoms with Crippen LogP contribution in [0.3, 0.4) is 0 Å². The van der Waals surface area contributed by atoms with Gasteiger partial charge in [-0.25, -0.2) is 0 Å². The zero-order chi connectivity index (χ0) is 17.6. The SMILES string of the molecule is Nc1ccc(N)cc1.O=Cc1c(O)c(C=O)c(O)c(C=O)c1O. The van der Waals surface area contributed by atoms with E-state index < -0.39 is 33.9 Å². The first-order valence-corrected chi connectivity index (χ1v) is 6.14. The number of aromatic hydroxyl groups is 3. The van der Waals surface area contributed by atoms with Crippen LogP contribution in [0.1, 0.15) is 31.1 Å². The van der Waals surface area contributed by atoms with Gasteiger partial charge in [-0.1, -0.05) is 0 Å². The number of nitrogen functional groups attached to an aromatic ring is 2. The summed E-state index contributed by atoms with van der Waals surface area (Å²) in [6.07, 6.45) is 0.221. The molecular weight excluding hydrogens is 304 g/mol. The Labute approximate surface area is 130 Å². The van der Waals surface area contributed by atoms with Crippen LogP contribution in [0.2, 0.25) is 0 Å². The number of rotatable bonds is 3. The Balaban J connectivity index is 0.000000277. The lowest BCUT2D eigenvalue weighted by atomic mass is 10.0. The topological polar surface area (TPSA) is 164 Å². The minimum Gasteiger partial charge on any atom is -0.506 e. The fourth-order valence-electron chi connectivity index (χ4n) is 1.60. The van der Waals surface area contributed by atoms with Gasteiger partial charge in [0, 0.05) is 11.4 Å². The van der Waals surface area contributed by atoms with Crippen molar-refractivity contribution in [3.63, 3.8) is 0 Å². The number of aldehydes is 3. The van der Waals surface area contributed by atoms with Crippen LogP contribution in [-0.2, 0) is 0 Å². The monoisotopic (exact) mass is 318 g/mol. The van der Waals surface area contributed by atoms with Crippen molar-refractivity contribution in [2.75, 3.05) is 11.5 Å². The number of anilines is 2. The number of phenolic OH excluding ortho intramolecular Hbond substituents is 3. The predicted molar refractivity (Wildman–Crippen MR) is 82.9 cm³/mol. The Morgan fingerprint density at radius 2 is 0.826 bits per heavy atom. The van der Waals surface area contributed by atoms with E-state index in [4.69, 9.17) is 11.5 Å². The molecule has 0 heterocycles. The second-order valence-electron chi connectivity index (χ2n) is 4.31. The molecule has 0 radical (unpaired) electrons. The van der Waals surface area contributed by atoms with Crippen molar-refractivity contribution in [1.29, 1.82) is 0 Å². The molecule has 0 saturated heterocycles. The van der Waals surface area contributed by atoms with E-state index in [0.29, 0.717) is 0 Å². The van der Waals surface area contributed by atoms with E-state index >= 15 is 0 Å². The molecule has 2 aromatic rings. The molecule has 0 aliphatic heterocycles. The third kappa shape index (κ3) is 3.76. The van der Waals surface area contributed by atoms with Crippen molar-refractivity contribution in [3.8, 4) is 17.2 Å². The maximum atomic E-state index is 10.5. The standard InChI is InChI=1S/C9H6O6.C6H8N2/c10-1-4-7(13)5(2-11)9(15)6(3-12)8(4)14;7-5-1-2-6(8)4-3-5/h1-3,13-15H;1-4H,7-8H2. The highest BCUT2D eigenvalue weighted by Crippen LogP contribution is 2.38. The molecule has 23 heavy (non-hydrogen) atoms. The highest BCUT2D eigenvalue weighted by atomic mass is 16.3. The largest absolute Gasteiger partial charge is 0.506 e. The van der Waals surface area contributed by atoms with Crippen molar-refractivity contribution in [2.24, 2.45) is 0 Å². The van der Waals surface area contributed by atoms with Crippen LogP contribution < -0.4 is 11.5 Å². The van der Waals surface area contributed by atoms with Gasteiger partial charge in [0.2, 0.25) is 0 Å². The fraction of sp³-hybridized carbons (Fsp3) is 0. The first kappa shape index (κ1) is 17.5. The van der Waals surface area contributed by atoms with Gasteiger partial charge in [-0.3, -0.25) is 14.4 Å². The molecule has 2 aromatic carbocycles. The molecule has 7 N–H and O–H groups in total. The van der Waals surface area contributed by atoms with E-state index in [9.17, 15) is 29.7 Å². The smallest absolute Gasteiger partial charge is 0.157 e. The third-order valence-corrected chi connectivity index (χ3v) is 2.82. The van der Waals surface area contributed by atoms with Gasteiger partial charge in [0.1, 0.15) is 17.2 Å². The molecule has 2 rings (SSSR count). The molecule has 0 aromatic heterocycles. The molecule has 0 fully saturated rings. The Morgan fingerprint density at radius 3 is 1.00 bits per heavy atom. The summed E-state index contributed by atoms with van der Waals surface area (Å²) in [5.74, 6) is -2.58. The fourth-order valence-corrected chi connectivity index (χ4v) is 1.60. The summed E-state index contributed by atoms with van der Waals surface area (Å²) in [7, 11) is 0. The van der Waals surface area contributed by atoms with Crippen LogP contribution in [0.15, 0.2) is 24.3 Å². The number of hydrogen-bond acceptors (Lipinski definition) is 8. The van der Waals surface area contributed by atoms with Crippen LogP contribution in [0.25, 0.3) is 0 Å². The van der Waals surface area contributed by atoms with Crippen molar-refractivity contribution in [3.05, 3.63) is 41.0 Å². The number of benzene rings is 2. The molecule has 0 saturated carbocycles. The molecule has 8 nitrogen and oxygen atoms in total. The third-order valence-electron chi connectivity index (χ3n) is 2.82. The maximum absolute atomic E-state index is 10.5. The Bertz CT molecular complexity index is 632. The summed E-state index contributed by atoms with van der Waals surface area (Å²) in [4.78, 5) is 31.4. The highest BCUT2D eigenvalue weighted by molar-refractivity contribution is 6.00. The Morgan fingerprint density at radius 1 is 0.609 bits per heavy atom. The zero-order valence-electron chi connectivity index (χ0n) is 11.8. The Hall–Kier alpha value is -3.55. The van der Waals surface area contributed by atoms with Crippen molar-refractivity contribution in [2.45, 2.75) is 0 Å². The van der Waals surface area contributed by atoms with Gasteiger partial charge in [-0.2, -0.15) is 0 Å². The molecular formula is C15H14N2O6. The van der Waals surface area contributed by atoms with Gasteiger partial charge >= 0.3 is 0 Å². The quantitative estimate of drug-likeness (QED) is 0.414. The second-order valence-corrected chi connectivity index (χ2v) is 4.31. The number of carbonyl (C=O) groups is 3. The molecule has 0 aliphatic carbocycles. The van der Waals surface area contributed by atoms with Gasteiger partial charge in [0.25, 0.3) is 0 Å². The van der Waals surface area contributed by atoms with Gasteiger partial charge in [0.15, 0.2) is 18.9 Å². The molecule has 0 aliphatic rings. The lowest BCUT2D eigenvalue weighted by Crippen LogP contribution is -1.96. The molecule has 8 heteroatoms. The summed E-state index contributed by atoms with van der Waals surface area (Å²) in [6, 6.07) is 7.09. The van der Waals surface area contributed by atoms with Crippen LogP contribution in [0, 0.1) is 0 Å². The van der Waals surface area contributed by atoms with Gasteiger partial charge in [-0.15, -0.1) is 0 Å². The van der Waals surface area contributed by atoms with Crippen LogP contribution in [0.4, 0.5) is 11.4 Å². The molecule has 0 unspecified atom stereocenters. The average Bonchev–Trinajstić information content (AvgIpc) is 2.52.